The molecule has 0 heterocycles. The van der Waals surface area contributed by atoms with Crippen molar-refractivity contribution in [2.45, 2.75) is 19.1 Å². The summed E-state index contributed by atoms with van der Waals surface area (Å²) in [5.41, 5.74) is 4.47. The minimum absolute atomic E-state index is 0.0468. The Bertz CT molecular complexity index is 483. The van der Waals surface area contributed by atoms with E-state index in [9.17, 15) is 18.0 Å². The minimum Gasteiger partial charge on any atom is -0.409 e. The number of amides is 1. The van der Waals surface area contributed by atoms with Crippen LogP contribution in [0.5, 0.6) is 0 Å². The highest BCUT2D eigenvalue weighted by Gasteiger charge is 2.30. The van der Waals surface area contributed by atoms with Gasteiger partial charge in [-0.05, 0) is 31.2 Å². The summed E-state index contributed by atoms with van der Waals surface area (Å²) in [6, 6.07) is 2.99. The van der Waals surface area contributed by atoms with Crippen LogP contribution in [-0.2, 0) is 6.18 Å². The highest BCUT2D eigenvalue weighted by Crippen LogP contribution is 2.29. The summed E-state index contributed by atoms with van der Waals surface area (Å²) in [6.07, 6.45) is -4.45. The molecule has 0 aromatic heterocycles. The molecule has 1 atom stereocenters. The molecule has 5 nitrogen and oxygen atoms in total. The first-order valence-electron chi connectivity index (χ1n) is 5.21. The topological polar surface area (TPSA) is 87.7 Å². The second-order valence-corrected chi connectivity index (χ2v) is 3.80. The molecule has 104 valence electrons. The zero-order valence-corrected chi connectivity index (χ0v) is 9.90. The average Bonchev–Trinajstić information content (AvgIpc) is 2.36. The van der Waals surface area contributed by atoms with Gasteiger partial charge in [0, 0.05) is 5.56 Å². The lowest BCUT2D eigenvalue weighted by atomic mass is 10.1. The molecule has 0 aliphatic carbocycles. The summed E-state index contributed by atoms with van der Waals surface area (Å²) < 4.78 is 37.0. The van der Waals surface area contributed by atoms with Gasteiger partial charge >= 0.3 is 6.18 Å². The maximum atomic E-state index is 12.3. The van der Waals surface area contributed by atoms with Crippen molar-refractivity contribution in [1.29, 1.82) is 0 Å². The van der Waals surface area contributed by atoms with E-state index in [1.807, 2.05) is 0 Å². The number of hydrogen-bond donors (Lipinski definition) is 3. The summed E-state index contributed by atoms with van der Waals surface area (Å²) in [6.45, 7) is 1.47. The first-order chi connectivity index (χ1) is 8.75. The fraction of sp³-hybridized carbons (Fsp3) is 0.273. The average molecular weight is 275 g/mol. The fourth-order valence-corrected chi connectivity index (χ4v) is 1.25. The Morgan fingerprint density at radius 1 is 1.37 bits per heavy atom. The molecule has 0 spiro atoms. The Balaban J connectivity index is 2.79. The minimum atomic E-state index is -4.45. The number of halogens is 3. The lowest BCUT2D eigenvalue weighted by molar-refractivity contribution is -0.137. The monoisotopic (exact) mass is 275 g/mol. The summed E-state index contributed by atoms with van der Waals surface area (Å²) in [5, 5.41) is 13.5. The molecule has 0 bridgehead atoms. The van der Waals surface area contributed by atoms with Crippen LogP contribution in [-0.4, -0.2) is 23.0 Å². The summed E-state index contributed by atoms with van der Waals surface area (Å²) in [7, 11) is 0. The molecule has 8 heteroatoms. The van der Waals surface area contributed by atoms with E-state index >= 15 is 0 Å². The number of alkyl halides is 3. The normalized spacial score (nSPS) is 14.0. The third kappa shape index (κ3) is 3.87. The first-order valence-corrected chi connectivity index (χ1v) is 5.21. The van der Waals surface area contributed by atoms with Crippen LogP contribution in [0.1, 0.15) is 22.8 Å². The predicted molar refractivity (Wildman–Crippen MR) is 61.8 cm³/mol. The summed E-state index contributed by atoms with van der Waals surface area (Å²) >= 11 is 0. The maximum Gasteiger partial charge on any atom is 0.416 e. The lowest BCUT2D eigenvalue weighted by Crippen LogP contribution is -2.42. The number of oxime groups is 1. The molecule has 0 radical (unpaired) electrons. The summed E-state index contributed by atoms with van der Waals surface area (Å²) in [4.78, 5) is 11.7. The Hall–Kier alpha value is -2.25. The van der Waals surface area contributed by atoms with Gasteiger partial charge in [0.1, 0.15) is 0 Å². The molecule has 0 fully saturated rings. The van der Waals surface area contributed by atoms with Crippen LogP contribution < -0.4 is 11.1 Å². The van der Waals surface area contributed by atoms with Crippen molar-refractivity contribution in [3.8, 4) is 0 Å². The highest BCUT2D eigenvalue weighted by molar-refractivity contribution is 5.98. The number of nitrogens with two attached hydrogens (primary N) is 1. The number of carbonyl (C=O) groups excluding carboxylic acids is 1. The molecule has 19 heavy (non-hydrogen) atoms. The molecular weight excluding hydrogens is 263 g/mol. The van der Waals surface area contributed by atoms with Crippen molar-refractivity contribution in [3.05, 3.63) is 35.4 Å². The van der Waals surface area contributed by atoms with Gasteiger partial charge in [-0.3, -0.25) is 4.79 Å². The van der Waals surface area contributed by atoms with Gasteiger partial charge in [-0.2, -0.15) is 13.2 Å². The Labute approximate surface area is 106 Å². The van der Waals surface area contributed by atoms with Gasteiger partial charge in [0.05, 0.1) is 11.6 Å². The Morgan fingerprint density at radius 2 is 1.89 bits per heavy atom. The van der Waals surface area contributed by atoms with Crippen LogP contribution >= 0.6 is 0 Å². The molecular formula is C11H12F3N3O2. The second kappa shape index (κ2) is 5.59. The Morgan fingerprint density at radius 3 is 2.32 bits per heavy atom. The van der Waals surface area contributed by atoms with Gasteiger partial charge < -0.3 is 16.3 Å². The van der Waals surface area contributed by atoms with Crippen LogP contribution in [0.15, 0.2) is 29.4 Å². The number of nitrogens with one attached hydrogen (secondary N) is 1. The molecule has 4 N–H and O–H groups in total. The van der Waals surface area contributed by atoms with Crippen LogP contribution in [0.4, 0.5) is 13.2 Å². The fourth-order valence-electron chi connectivity index (χ4n) is 1.25. The molecule has 1 unspecified atom stereocenters. The van der Waals surface area contributed by atoms with E-state index in [0.29, 0.717) is 0 Å². The third-order valence-electron chi connectivity index (χ3n) is 2.38. The molecule has 0 saturated carbocycles. The van der Waals surface area contributed by atoms with Gasteiger partial charge in [-0.25, -0.2) is 0 Å². The molecule has 1 rings (SSSR count). The standard InChI is InChI=1S/C11H12F3N3O2/c1-6(9(15)17-19)16-10(18)7-2-4-8(5-3-7)11(12,13)14/h2-6,19H,1H3,(H2,15,17)(H,16,18). The van der Waals surface area contributed by atoms with E-state index < -0.39 is 23.7 Å². The number of rotatable bonds is 3. The Kier molecular flexibility index (Phi) is 4.36. The number of amidine groups is 1. The van der Waals surface area contributed by atoms with Crippen LogP contribution in [0.2, 0.25) is 0 Å². The van der Waals surface area contributed by atoms with Crippen molar-refractivity contribution in [2.24, 2.45) is 10.9 Å². The molecule has 0 saturated heterocycles. The number of nitrogens with zero attached hydrogens (tertiary/aromatic N) is 1. The molecule has 1 amide bonds. The van der Waals surface area contributed by atoms with Crippen molar-refractivity contribution in [3.63, 3.8) is 0 Å². The van der Waals surface area contributed by atoms with Gasteiger partial charge in [0.25, 0.3) is 5.91 Å². The molecule has 1 aromatic carbocycles. The predicted octanol–water partition coefficient (Wildman–Crippen LogP) is 1.57. The summed E-state index contributed by atoms with van der Waals surface area (Å²) in [5.74, 6) is -0.826. The van der Waals surface area contributed by atoms with Gasteiger partial charge in [-0.1, -0.05) is 5.16 Å². The van der Waals surface area contributed by atoms with E-state index in [1.54, 1.807) is 0 Å². The van der Waals surface area contributed by atoms with Gasteiger partial charge in [0.2, 0.25) is 0 Å². The van der Waals surface area contributed by atoms with E-state index in [-0.39, 0.29) is 11.4 Å². The molecule has 1 aromatic rings. The number of benzene rings is 1. The quantitative estimate of drug-likeness (QED) is 0.338. The third-order valence-corrected chi connectivity index (χ3v) is 2.38. The molecule has 0 aliphatic rings. The van der Waals surface area contributed by atoms with E-state index in [1.165, 1.54) is 6.92 Å². The highest BCUT2D eigenvalue weighted by atomic mass is 19.4. The van der Waals surface area contributed by atoms with Crippen molar-refractivity contribution >= 4 is 11.7 Å². The van der Waals surface area contributed by atoms with E-state index in [4.69, 9.17) is 10.9 Å². The van der Waals surface area contributed by atoms with Crippen LogP contribution in [0.3, 0.4) is 0 Å². The second-order valence-electron chi connectivity index (χ2n) is 3.80. The van der Waals surface area contributed by atoms with Crippen molar-refractivity contribution < 1.29 is 23.2 Å². The zero-order chi connectivity index (χ0) is 14.6. The largest absolute Gasteiger partial charge is 0.416 e. The maximum absolute atomic E-state index is 12.3. The van der Waals surface area contributed by atoms with E-state index in [0.717, 1.165) is 24.3 Å². The van der Waals surface area contributed by atoms with Gasteiger partial charge in [-0.15, -0.1) is 0 Å². The lowest BCUT2D eigenvalue weighted by Gasteiger charge is -2.12. The molecule has 0 aliphatic heterocycles. The zero-order valence-electron chi connectivity index (χ0n) is 9.90. The van der Waals surface area contributed by atoms with Crippen LogP contribution in [0.25, 0.3) is 0 Å². The van der Waals surface area contributed by atoms with Crippen molar-refractivity contribution in [1.82, 2.24) is 5.32 Å². The van der Waals surface area contributed by atoms with E-state index in [2.05, 4.69) is 10.5 Å². The number of hydrogen-bond acceptors (Lipinski definition) is 3. The SMILES string of the molecule is CC(NC(=O)c1ccc(C(F)(F)F)cc1)/C(N)=N/O. The first kappa shape index (κ1) is 14.8. The van der Waals surface area contributed by atoms with Crippen LogP contribution in [0, 0.1) is 0 Å². The number of carbonyl (C=O) groups is 1. The van der Waals surface area contributed by atoms with Gasteiger partial charge in [0.15, 0.2) is 5.84 Å². The van der Waals surface area contributed by atoms with Crippen molar-refractivity contribution in [2.75, 3.05) is 0 Å². The smallest absolute Gasteiger partial charge is 0.409 e.